The summed E-state index contributed by atoms with van der Waals surface area (Å²) in [5, 5.41) is 0. The number of rotatable bonds is 7. The second-order valence-corrected chi connectivity index (χ2v) is 7.45. The zero-order valence-corrected chi connectivity index (χ0v) is 18.4. The van der Waals surface area contributed by atoms with E-state index in [4.69, 9.17) is 9.47 Å². The van der Waals surface area contributed by atoms with Gasteiger partial charge in [-0.2, -0.15) is 0 Å². The van der Waals surface area contributed by atoms with Crippen LogP contribution in [0.25, 0.3) is 17.2 Å². The number of carbonyl (C=O) groups is 2. The summed E-state index contributed by atoms with van der Waals surface area (Å²) in [6.07, 6.45) is 3.15. The topological polar surface area (TPSA) is 52.6 Å². The highest BCUT2D eigenvalue weighted by Gasteiger charge is 2.13. The molecule has 168 valence electrons. The molecule has 0 saturated carbocycles. The molecule has 5 heteroatoms. The van der Waals surface area contributed by atoms with E-state index in [2.05, 4.69) is 0 Å². The summed E-state index contributed by atoms with van der Waals surface area (Å²) in [6.45, 7) is 0. The first-order chi connectivity index (χ1) is 16.5. The normalized spacial score (nSPS) is 10.8. The van der Waals surface area contributed by atoms with E-state index in [-0.39, 0.29) is 17.1 Å². The van der Waals surface area contributed by atoms with Crippen molar-refractivity contribution in [2.75, 3.05) is 7.11 Å². The van der Waals surface area contributed by atoms with Gasteiger partial charge >= 0.3 is 5.97 Å². The summed E-state index contributed by atoms with van der Waals surface area (Å²) in [5.41, 5.74) is 3.62. The third-order valence-electron chi connectivity index (χ3n) is 5.17. The van der Waals surface area contributed by atoms with Crippen molar-refractivity contribution in [3.05, 3.63) is 126 Å². The monoisotopic (exact) mass is 452 g/mol. The highest BCUT2D eigenvalue weighted by Crippen LogP contribution is 2.29. The summed E-state index contributed by atoms with van der Waals surface area (Å²) in [6, 6.07) is 27.4. The number of methoxy groups -OCH3 is 1. The molecule has 0 spiro atoms. The van der Waals surface area contributed by atoms with Crippen LogP contribution < -0.4 is 9.47 Å². The lowest BCUT2D eigenvalue weighted by Gasteiger charge is -2.10. The van der Waals surface area contributed by atoms with Gasteiger partial charge in [0.1, 0.15) is 5.82 Å². The highest BCUT2D eigenvalue weighted by molar-refractivity contribution is 6.07. The Morgan fingerprint density at radius 2 is 1.38 bits per heavy atom. The molecule has 4 aromatic rings. The number of allylic oxidation sites excluding steroid dienone is 1. The van der Waals surface area contributed by atoms with Crippen LogP contribution in [-0.4, -0.2) is 18.9 Å². The third kappa shape index (κ3) is 5.45. The molecular weight excluding hydrogens is 431 g/mol. The third-order valence-corrected chi connectivity index (χ3v) is 5.17. The second-order valence-electron chi connectivity index (χ2n) is 7.45. The number of halogens is 1. The molecule has 4 aromatic carbocycles. The van der Waals surface area contributed by atoms with Crippen LogP contribution in [0.2, 0.25) is 0 Å². The molecule has 0 aromatic heterocycles. The molecule has 4 rings (SSSR count). The number of benzene rings is 4. The Morgan fingerprint density at radius 3 is 2.06 bits per heavy atom. The van der Waals surface area contributed by atoms with Crippen molar-refractivity contribution in [3.8, 4) is 22.6 Å². The molecule has 34 heavy (non-hydrogen) atoms. The van der Waals surface area contributed by atoms with Crippen LogP contribution in [0.4, 0.5) is 4.39 Å². The standard InChI is InChI=1S/C29H21FO4/c1-33-28-19-20(8-18-27(28)34-29(32)24-13-15-25(30)16-14-24)7-17-26(31)23-11-9-22(10-12-23)21-5-3-2-4-6-21/h2-19H,1H3. The summed E-state index contributed by atoms with van der Waals surface area (Å²) < 4.78 is 23.8. The number of ketones is 1. The van der Waals surface area contributed by atoms with Gasteiger partial charge in [-0.1, -0.05) is 66.7 Å². The zero-order valence-electron chi connectivity index (χ0n) is 18.4. The SMILES string of the molecule is COc1cc(C=CC(=O)c2ccc(-c3ccccc3)cc2)ccc1OC(=O)c1ccc(F)cc1. The van der Waals surface area contributed by atoms with Crippen LogP contribution in [0.5, 0.6) is 11.5 Å². The van der Waals surface area contributed by atoms with Crippen LogP contribution in [0.3, 0.4) is 0 Å². The summed E-state index contributed by atoms with van der Waals surface area (Å²) >= 11 is 0. The average Bonchev–Trinajstić information content (AvgIpc) is 2.88. The van der Waals surface area contributed by atoms with Crippen LogP contribution in [-0.2, 0) is 0 Å². The van der Waals surface area contributed by atoms with Crippen molar-refractivity contribution in [3.63, 3.8) is 0 Å². The van der Waals surface area contributed by atoms with E-state index in [1.807, 2.05) is 42.5 Å². The Kier molecular flexibility index (Phi) is 6.94. The summed E-state index contributed by atoms with van der Waals surface area (Å²) in [4.78, 5) is 24.9. The molecule has 0 N–H and O–H groups in total. The summed E-state index contributed by atoms with van der Waals surface area (Å²) in [7, 11) is 1.46. The maximum Gasteiger partial charge on any atom is 0.343 e. The fourth-order valence-corrected chi connectivity index (χ4v) is 3.34. The molecular formula is C29H21FO4. The fraction of sp³-hybridized carbons (Fsp3) is 0.0345. The van der Waals surface area contributed by atoms with Crippen molar-refractivity contribution >= 4 is 17.8 Å². The molecule has 0 heterocycles. The Balaban J connectivity index is 1.45. The fourth-order valence-electron chi connectivity index (χ4n) is 3.34. The van der Waals surface area contributed by atoms with Gasteiger partial charge in [-0.25, -0.2) is 9.18 Å². The molecule has 0 aliphatic heterocycles. The van der Waals surface area contributed by atoms with Crippen LogP contribution >= 0.6 is 0 Å². The van der Waals surface area contributed by atoms with Crippen LogP contribution in [0.1, 0.15) is 26.3 Å². The van der Waals surface area contributed by atoms with E-state index in [1.165, 1.54) is 37.5 Å². The smallest absolute Gasteiger partial charge is 0.343 e. The van der Waals surface area contributed by atoms with Crippen molar-refractivity contribution in [2.24, 2.45) is 0 Å². The number of esters is 1. The molecule has 0 fully saturated rings. The largest absolute Gasteiger partial charge is 0.493 e. The quantitative estimate of drug-likeness (QED) is 0.137. The molecule has 0 bridgehead atoms. The van der Waals surface area contributed by atoms with Gasteiger partial charge in [0, 0.05) is 5.56 Å². The average molecular weight is 452 g/mol. The minimum absolute atomic E-state index is 0.134. The predicted octanol–water partition coefficient (Wildman–Crippen LogP) is 6.62. The zero-order chi connectivity index (χ0) is 23.9. The highest BCUT2D eigenvalue weighted by atomic mass is 19.1. The molecule has 0 unspecified atom stereocenters. The minimum Gasteiger partial charge on any atom is -0.493 e. The van der Waals surface area contributed by atoms with Crippen molar-refractivity contribution < 1.29 is 23.5 Å². The maximum atomic E-state index is 13.1. The number of ether oxygens (including phenoxy) is 2. The van der Waals surface area contributed by atoms with Crippen molar-refractivity contribution in [1.29, 1.82) is 0 Å². The van der Waals surface area contributed by atoms with E-state index in [1.54, 1.807) is 36.4 Å². The predicted molar refractivity (Wildman–Crippen MR) is 130 cm³/mol. The molecule has 0 amide bonds. The van der Waals surface area contributed by atoms with E-state index < -0.39 is 11.8 Å². The molecule has 0 atom stereocenters. The number of carbonyl (C=O) groups excluding carboxylic acids is 2. The van der Waals surface area contributed by atoms with E-state index in [0.29, 0.717) is 16.9 Å². The van der Waals surface area contributed by atoms with E-state index in [9.17, 15) is 14.0 Å². The Bertz CT molecular complexity index is 1330. The van der Waals surface area contributed by atoms with Gasteiger partial charge in [-0.15, -0.1) is 0 Å². The van der Waals surface area contributed by atoms with Gasteiger partial charge in [-0.05, 0) is 59.2 Å². The van der Waals surface area contributed by atoms with Crippen LogP contribution in [0, 0.1) is 5.82 Å². The lowest BCUT2D eigenvalue weighted by molar-refractivity contribution is 0.0729. The Morgan fingerprint density at radius 1 is 0.735 bits per heavy atom. The van der Waals surface area contributed by atoms with Gasteiger partial charge < -0.3 is 9.47 Å². The first kappa shape index (κ1) is 22.7. The molecule has 4 nitrogen and oxygen atoms in total. The second kappa shape index (κ2) is 10.4. The van der Waals surface area contributed by atoms with Crippen molar-refractivity contribution in [1.82, 2.24) is 0 Å². The number of hydrogen-bond donors (Lipinski definition) is 0. The van der Waals surface area contributed by atoms with Gasteiger partial charge in [0.2, 0.25) is 0 Å². The van der Waals surface area contributed by atoms with E-state index >= 15 is 0 Å². The summed E-state index contributed by atoms with van der Waals surface area (Å²) in [5.74, 6) is -0.651. The molecule has 0 aliphatic rings. The number of hydrogen-bond acceptors (Lipinski definition) is 4. The molecule has 0 radical (unpaired) electrons. The van der Waals surface area contributed by atoms with E-state index in [0.717, 1.165) is 11.1 Å². The van der Waals surface area contributed by atoms with Crippen molar-refractivity contribution in [2.45, 2.75) is 0 Å². The Labute approximate surface area is 196 Å². The minimum atomic E-state index is -0.629. The lowest BCUT2D eigenvalue weighted by atomic mass is 10.0. The first-order valence-corrected chi connectivity index (χ1v) is 10.6. The van der Waals surface area contributed by atoms with Gasteiger partial charge in [0.15, 0.2) is 17.3 Å². The molecule has 0 saturated heterocycles. The maximum absolute atomic E-state index is 13.1. The van der Waals surface area contributed by atoms with Gasteiger partial charge in [0.25, 0.3) is 0 Å². The lowest BCUT2D eigenvalue weighted by Crippen LogP contribution is -2.09. The molecule has 0 aliphatic carbocycles. The first-order valence-electron chi connectivity index (χ1n) is 10.6. The van der Waals surface area contributed by atoms with Gasteiger partial charge in [0.05, 0.1) is 12.7 Å². The Hall–Kier alpha value is -4.51. The van der Waals surface area contributed by atoms with Gasteiger partial charge in [-0.3, -0.25) is 4.79 Å². The van der Waals surface area contributed by atoms with Crippen LogP contribution in [0.15, 0.2) is 103 Å².